The van der Waals surface area contributed by atoms with E-state index in [0.717, 1.165) is 6.42 Å². The highest BCUT2D eigenvalue weighted by Gasteiger charge is 1.97. The molecule has 0 aliphatic carbocycles. The maximum Gasteiger partial charge on any atom is 0.0771 e. The van der Waals surface area contributed by atoms with Gasteiger partial charge in [0, 0.05) is 0 Å². The minimum Gasteiger partial charge on any atom is -0.391 e. The van der Waals surface area contributed by atoms with Crippen LogP contribution >= 0.6 is 0 Å². The molecule has 1 atom stereocenters. The lowest BCUT2D eigenvalue weighted by Gasteiger charge is -2.05. The number of hydrogen-bond acceptors (Lipinski definition) is 2. The van der Waals surface area contributed by atoms with Gasteiger partial charge in [-0.2, -0.15) is 0 Å². The Morgan fingerprint density at radius 3 is 2.89 bits per heavy atom. The van der Waals surface area contributed by atoms with Crippen LogP contribution in [0.15, 0.2) is 12.7 Å². The van der Waals surface area contributed by atoms with Gasteiger partial charge in [0.2, 0.25) is 0 Å². The Labute approximate surface area is 56.1 Å². The Hall–Kier alpha value is -0.340. The first-order chi connectivity index (χ1) is 4.31. The maximum atomic E-state index is 8.93. The van der Waals surface area contributed by atoms with Crippen molar-refractivity contribution in [1.82, 2.24) is 0 Å². The second-order valence-electron chi connectivity index (χ2n) is 1.89. The van der Waals surface area contributed by atoms with E-state index in [4.69, 9.17) is 9.84 Å². The predicted octanol–water partition coefficient (Wildman–Crippen LogP) is 0.960. The van der Waals surface area contributed by atoms with Gasteiger partial charge < -0.3 is 9.84 Å². The average Bonchev–Trinajstić information content (AvgIpc) is 1.89. The molecule has 0 radical (unpaired) electrons. The lowest BCUT2D eigenvalue weighted by Crippen LogP contribution is -2.13. The minimum atomic E-state index is -0.315. The quantitative estimate of drug-likeness (QED) is 0.443. The summed E-state index contributed by atoms with van der Waals surface area (Å²) in [6, 6.07) is 0. The summed E-state index contributed by atoms with van der Waals surface area (Å²) in [5.41, 5.74) is 0. The zero-order valence-corrected chi connectivity index (χ0v) is 5.84. The molecule has 0 bridgehead atoms. The minimum absolute atomic E-state index is 0.315. The predicted molar refractivity (Wildman–Crippen MR) is 37.3 cm³/mol. The highest BCUT2D eigenvalue weighted by Crippen LogP contribution is 1.89. The molecule has 0 aromatic carbocycles. The Bertz CT molecular complexity index is 71.3. The summed E-state index contributed by atoms with van der Waals surface area (Å²) in [5.74, 6) is 0. The van der Waals surface area contributed by atoms with Crippen LogP contribution in [0.3, 0.4) is 0 Å². The molecular formula is C7H14O2. The van der Waals surface area contributed by atoms with Crippen LogP contribution in [0.4, 0.5) is 0 Å². The maximum absolute atomic E-state index is 8.93. The normalized spacial score (nSPS) is 13.1. The molecule has 0 amide bonds. The molecule has 0 spiro atoms. The van der Waals surface area contributed by atoms with Crippen molar-refractivity contribution in [3.05, 3.63) is 12.7 Å². The van der Waals surface area contributed by atoms with E-state index in [1.807, 2.05) is 6.92 Å². The third-order valence-corrected chi connectivity index (χ3v) is 1.02. The molecule has 1 N–H and O–H groups in total. The van der Waals surface area contributed by atoms with Gasteiger partial charge in [-0.3, -0.25) is 0 Å². The van der Waals surface area contributed by atoms with Gasteiger partial charge in [0.15, 0.2) is 0 Å². The van der Waals surface area contributed by atoms with E-state index in [2.05, 4.69) is 6.58 Å². The van der Waals surface area contributed by atoms with Crippen molar-refractivity contribution in [3.63, 3.8) is 0 Å². The summed E-state index contributed by atoms with van der Waals surface area (Å²) in [7, 11) is 0. The Morgan fingerprint density at radius 2 is 2.44 bits per heavy atom. The highest BCUT2D eigenvalue weighted by molar-refractivity contribution is 4.64. The smallest absolute Gasteiger partial charge is 0.0771 e. The van der Waals surface area contributed by atoms with Crippen LogP contribution in [-0.2, 0) is 4.74 Å². The van der Waals surface area contributed by atoms with Gasteiger partial charge in [-0.05, 0) is 6.42 Å². The van der Waals surface area contributed by atoms with Gasteiger partial charge in [0.1, 0.15) is 0 Å². The molecule has 0 saturated carbocycles. The first kappa shape index (κ1) is 8.66. The largest absolute Gasteiger partial charge is 0.391 e. The zero-order valence-electron chi connectivity index (χ0n) is 5.84. The van der Waals surface area contributed by atoms with Crippen molar-refractivity contribution in [2.75, 3.05) is 13.2 Å². The highest BCUT2D eigenvalue weighted by atomic mass is 16.5. The van der Waals surface area contributed by atoms with E-state index in [-0.39, 0.29) is 6.10 Å². The molecule has 2 heteroatoms. The van der Waals surface area contributed by atoms with Crippen molar-refractivity contribution < 1.29 is 9.84 Å². The molecule has 0 aromatic rings. The molecule has 0 saturated heterocycles. The molecule has 0 heterocycles. The lowest BCUT2D eigenvalue weighted by molar-refractivity contribution is 0.0474. The van der Waals surface area contributed by atoms with Gasteiger partial charge in [-0.1, -0.05) is 13.0 Å². The molecule has 0 rings (SSSR count). The fourth-order valence-electron chi connectivity index (χ4n) is 0.405. The number of aliphatic hydroxyl groups is 1. The fraction of sp³-hybridized carbons (Fsp3) is 0.714. The summed E-state index contributed by atoms with van der Waals surface area (Å²) in [6.07, 6.45) is 2.10. The van der Waals surface area contributed by atoms with Crippen LogP contribution < -0.4 is 0 Å². The van der Waals surface area contributed by atoms with Crippen LogP contribution in [0.25, 0.3) is 0 Å². The van der Waals surface area contributed by atoms with Crippen LogP contribution in [-0.4, -0.2) is 24.4 Å². The first-order valence-electron chi connectivity index (χ1n) is 3.18. The molecule has 54 valence electrons. The van der Waals surface area contributed by atoms with E-state index in [9.17, 15) is 0 Å². The molecule has 0 aromatic heterocycles. The van der Waals surface area contributed by atoms with Crippen molar-refractivity contribution in [2.24, 2.45) is 0 Å². The zero-order chi connectivity index (χ0) is 7.11. The topological polar surface area (TPSA) is 29.5 Å². The van der Waals surface area contributed by atoms with Gasteiger partial charge >= 0.3 is 0 Å². The first-order valence-corrected chi connectivity index (χ1v) is 3.18. The summed E-state index contributed by atoms with van der Waals surface area (Å²) < 4.78 is 4.97. The Kier molecular flexibility index (Phi) is 5.57. The summed E-state index contributed by atoms with van der Waals surface area (Å²) in [5, 5.41) is 8.93. The molecule has 1 unspecified atom stereocenters. The van der Waals surface area contributed by atoms with E-state index in [1.165, 1.54) is 0 Å². The monoisotopic (exact) mass is 130 g/mol. The van der Waals surface area contributed by atoms with Gasteiger partial charge in [-0.25, -0.2) is 0 Å². The summed E-state index contributed by atoms with van der Waals surface area (Å²) in [6.45, 7) is 6.34. The third-order valence-electron chi connectivity index (χ3n) is 1.02. The van der Waals surface area contributed by atoms with Gasteiger partial charge in [0.05, 0.1) is 19.3 Å². The van der Waals surface area contributed by atoms with Crippen molar-refractivity contribution in [2.45, 2.75) is 19.4 Å². The molecule has 9 heavy (non-hydrogen) atoms. The summed E-state index contributed by atoms with van der Waals surface area (Å²) >= 11 is 0. The van der Waals surface area contributed by atoms with Crippen LogP contribution in [0.1, 0.15) is 13.3 Å². The molecule has 0 fully saturated rings. The molecule has 0 aliphatic rings. The van der Waals surface area contributed by atoms with Crippen molar-refractivity contribution in [1.29, 1.82) is 0 Å². The van der Waals surface area contributed by atoms with Crippen LogP contribution in [0, 0.1) is 0 Å². The standard InChI is InChI=1S/C7H14O2/c1-3-5-9-6-7(8)4-2/h3,7-8H,1,4-6H2,2H3. The fourth-order valence-corrected chi connectivity index (χ4v) is 0.405. The second-order valence-corrected chi connectivity index (χ2v) is 1.89. The van der Waals surface area contributed by atoms with Gasteiger partial charge in [-0.15, -0.1) is 6.58 Å². The number of rotatable bonds is 5. The SMILES string of the molecule is C=CCOCC(O)CC. The van der Waals surface area contributed by atoms with Gasteiger partial charge in [0.25, 0.3) is 0 Å². The van der Waals surface area contributed by atoms with Crippen LogP contribution in [0.5, 0.6) is 0 Å². The van der Waals surface area contributed by atoms with E-state index in [0.29, 0.717) is 13.2 Å². The second kappa shape index (κ2) is 5.79. The number of aliphatic hydroxyl groups excluding tert-OH is 1. The van der Waals surface area contributed by atoms with Crippen molar-refractivity contribution in [3.8, 4) is 0 Å². The molecule has 2 nitrogen and oxygen atoms in total. The Balaban J connectivity index is 2.96. The third kappa shape index (κ3) is 5.53. The van der Waals surface area contributed by atoms with E-state index in [1.54, 1.807) is 6.08 Å². The van der Waals surface area contributed by atoms with E-state index >= 15 is 0 Å². The lowest BCUT2D eigenvalue weighted by atomic mass is 10.3. The van der Waals surface area contributed by atoms with E-state index < -0.39 is 0 Å². The van der Waals surface area contributed by atoms with Crippen molar-refractivity contribution >= 4 is 0 Å². The average molecular weight is 130 g/mol. The van der Waals surface area contributed by atoms with Crippen LogP contribution in [0.2, 0.25) is 0 Å². The Morgan fingerprint density at radius 1 is 1.78 bits per heavy atom. The number of ether oxygens (including phenoxy) is 1. The summed E-state index contributed by atoms with van der Waals surface area (Å²) in [4.78, 5) is 0. The molecular weight excluding hydrogens is 116 g/mol. The number of hydrogen-bond donors (Lipinski definition) is 1. The molecule has 0 aliphatic heterocycles.